The molecule has 0 saturated heterocycles. The molecule has 0 saturated carbocycles. The van der Waals surface area contributed by atoms with Crippen LogP contribution in [0.2, 0.25) is 0 Å². The highest BCUT2D eigenvalue weighted by Crippen LogP contribution is 2.16. The van der Waals surface area contributed by atoms with E-state index in [2.05, 4.69) is 10.0 Å². The third-order valence-corrected chi connectivity index (χ3v) is 5.48. The first-order valence-corrected chi connectivity index (χ1v) is 10.0. The fourth-order valence-corrected chi connectivity index (χ4v) is 3.46. The van der Waals surface area contributed by atoms with Crippen LogP contribution in [0.25, 0.3) is 0 Å². The Morgan fingerprint density at radius 3 is 2.33 bits per heavy atom. The Balaban J connectivity index is 1.83. The number of rotatable bonds is 9. The molecule has 146 valence electrons. The smallest absolute Gasteiger partial charge is 0.258 e. The molecule has 0 bridgehead atoms. The number of nitrogens with one attached hydrogen (secondary N) is 2. The van der Waals surface area contributed by atoms with E-state index in [4.69, 9.17) is 4.74 Å². The summed E-state index contributed by atoms with van der Waals surface area (Å²) < 4.78 is 45.1. The van der Waals surface area contributed by atoms with Gasteiger partial charge < -0.3 is 10.1 Å². The lowest BCUT2D eigenvalue weighted by Gasteiger charge is -2.12. The predicted molar refractivity (Wildman–Crippen MR) is 100 cm³/mol. The zero-order chi connectivity index (χ0) is 19.9. The Labute approximate surface area is 158 Å². The number of sulfonamides is 1. The second kappa shape index (κ2) is 9.48. The van der Waals surface area contributed by atoms with E-state index in [9.17, 15) is 17.6 Å². The Morgan fingerprint density at radius 1 is 1.11 bits per heavy atom. The molecule has 0 aliphatic rings. The lowest BCUT2D eigenvalue weighted by Crippen LogP contribution is -2.32. The van der Waals surface area contributed by atoms with Crippen molar-refractivity contribution in [2.24, 2.45) is 0 Å². The number of ether oxygens (including phenoxy) is 1. The summed E-state index contributed by atoms with van der Waals surface area (Å²) in [5, 5.41) is 2.66. The van der Waals surface area contributed by atoms with Crippen molar-refractivity contribution in [1.82, 2.24) is 10.0 Å². The van der Waals surface area contributed by atoms with E-state index in [1.165, 1.54) is 36.4 Å². The minimum absolute atomic E-state index is 0.135. The maximum absolute atomic E-state index is 12.8. The largest absolute Gasteiger partial charge is 0.484 e. The molecule has 2 rings (SSSR count). The topological polar surface area (TPSA) is 84.5 Å². The van der Waals surface area contributed by atoms with E-state index in [-0.39, 0.29) is 35.8 Å². The van der Waals surface area contributed by atoms with Crippen molar-refractivity contribution >= 4 is 15.9 Å². The zero-order valence-electron chi connectivity index (χ0n) is 15.2. The van der Waals surface area contributed by atoms with Gasteiger partial charge in [-0.2, -0.15) is 0 Å². The Morgan fingerprint density at radius 2 is 1.74 bits per heavy atom. The third-order valence-electron chi connectivity index (χ3n) is 3.88. The summed E-state index contributed by atoms with van der Waals surface area (Å²) in [6.07, 6.45) is 0.688. The van der Waals surface area contributed by atoms with Crippen LogP contribution in [0.3, 0.4) is 0 Å². The van der Waals surface area contributed by atoms with Gasteiger partial charge >= 0.3 is 0 Å². The summed E-state index contributed by atoms with van der Waals surface area (Å²) in [4.78, 5) is 12.0. The van der Waals surface area contributed by atoms with Crippen LogP contribution >= 0.6 is 0 Å². The molecule has 0 spiro atoms. The Kier molecular flexibility index (Phi) is 7.32. The number of hydrogen-bond donors (Lipinski definition) is 2. The third kappa shape index (κ3) is 6.65. The van der Waals surface area contributed by atoms with Gasteiger partial charge in [-0.3, -0.25) is 4.79 Å². The highest BCUT2D eigenvalue weighted by Gasteiger charge is 2.16. The van der Waals surface area contributed by atoms with Crippen LogP contribution in [0.1, 0.15) is 25.8 Å². The van der Waals surface area contributed by atoms with E-state index >= 15 is 0 Å². The normalized spacial score (nSPS) is 12.4. The van der Waals surface area contributed by atoms with Crippen molar-refractivity contribution in [3.63, 3.8) is 0 Å². The molecule has 0 aromatic heterocycles. The molecule has 8 heteroatoms. The number of hydrogen-bond acceptors (Lipinski definition) is 4. The quantitative estimate of drug-likeness (QED) is 0.685. The van der Waals surface area contributed by atoms with E-state index in [0.717, 1.165) is 5.56 Å². The molecule has 2 aromatic carbocycles. The van der Waals surface area contributed by atoms with Crippen LogP contribution in [0, 0.1) is 5.82 Å². The van der Waals surface area contributed by atoms with E-state index in [0.29, 0.717) is 12.2 Å². The first kappa shape index (κ1) is 20.9. The standard InChI is InChI=1S/C19H23FN2O4S/c1-3-14(2)22-27(24,25)18-10-8-17(9-11-18)26-13-19(23)21-12-15-4-6-16(20)7-5-15/h4-11,14,22H,3,12-13H2,1-2H3,(H,21,23)/t14-/m1/s1. The van der Waals surface area contributed by atoms with Gasteiger partial charge in [0.2, 0.25) is 10.0 Å². The number of benzene rings is 2. The molecule has 0 fully saturated rings. The van der Waals surface area contributed by atoms with Gasteiger partial charge in [-0.1, -0.05) is 19.1 Å². The molecule has 0 aliphatic carbocycles. The maximum Gasteiger partial charge on any atom is 0.258 e. The van der Waals surface area contributed by atoms with Gasteiger partial charge in [0.1, 0.15) is 11.6 Å². The number of carbonyl (C=O) groups is 1. The summed E-state index contributed by atoms with van der Waals surface area (Å²) >= 11 is 0. The highest BCUT2D eigenvalue weighted by molar-refractivity contribution is 7.89. The second-order valence-electron chi connectivity index (χ2n) is 6.09. The summed E-state index contributed by atoms with van der Waals surface area (Å²) in [7, 11) is -3.57. The zero-order valence-corrected chi connectivity index (χ0v) is 16.1. The summed E-state index contributed by atoms with van der Waals surface area (Å²) in [5.74, 6) is -0.290. The fraction of sp³-hybridized carbons (Fsp3) is 0.316. The molecule has 0 heterocycles. The molecule has 0 unspecified atom stereocenters. The van der Waals surface area contributed by atoms with Crippen LogP contribution in [-0.2, 0) is 21.4 Å². The van der Waals surface area contributed by atoms with Gasteiger partial charge in [-0.15, -0.1) is 0 Å². The van der Waals surface area contributed by atoms with E-state index in [1.54, 1.807) is 19.1 Å². The highest BCUT2D eigenvalue weighted by atomic mass is 32.2. The van der Waals surface area contributed by atoms with Gasteiger partial charge in [0.25, 0.3) is 5.91 Å². The lowest BCUT2D eigenvalue weighted by molar-refractivity contribution is -0.123. The predicted octanol–water partition coefficient (Wildman–Crippen LogP) is 2.60. The summed E-state index contributed by atoms with van der Waals surface area (Å²) in [6.45, 7) is 3.74. The van der Waals surface area contributed by atoms with E-state index < -0.39 is 10.0 Å². The van der Waals surface area contributed by atoms with Crippen LogP contribution in [-0.4, -0.2) is 27.0 Å². The number of amides is 1. The van der Waals surface area contributed by atoms with Gasteiger partial charge in [-0.25, -0.2) is 17.5 Å². The molecule has 2 aromatic rings. The van der Waals surface area contributed by atoms with Gasteiger partial charge in [0, 0.05) is 12.6 Å². The molecule has 2 N–H and O–H groups in total. The van der Waals surface area contributed by atoms with Crippen LogP contribution < -0.4 is 14.8 Å². The lowest BCUT2D eigenvalue weighted by atomic mass is 10.2. The average molecular weight is 394 g/mol. The van der Waals surface area contributed by atoms with Crippen LogP contribution in [0.15, 0.2) is 53.4 Å². The van der Waals surface area contributed by atoms with E-state index in [1.807, 2.05) is 6.92 Å². The molecule has 0 aliphatic heterocycles. The van der Waals surface area contributed by atoms with Crippen molar-refractivity contribution in [3.8, 4) is 5.75 Å². The number of carbonyl (C=O) groups excluding carboxylic acids is 1. The number of halogens is 1. The molecule has 6 nitrogen and oxygen atoms in total. The molecular weight excluding hydrogens is 371 g/mol. The minimum atomic E-state index is -3.57. The van der Waals surface area contributed by atoms with Crippen LogP contribution in [0.5, 0.6) is 5.75 Å². The van der Waals surface area contributed by atoms with Crippen LogP contribution in [0.4, 0.5) is 4.39 Å². The monoisotopic (exact) mass is 394 g/mol. The van der Waals surface area contributed by atoms with Crippen molar-refractivity contribution in [3.05, 3.63) is 59.9 Å². The van der Waals surface area contributed by atoms with Crippen molar-refractivity contribution in [2.45, 2.75) is 37.8 Å². The first-order chi connectivity index (χ1) is 12.8. The maximum atomic E-state index is 12.8. The summed E-state index contributed by atoms with van der Waals surface area (Å²) in [5.41, 5.74) is 0.771. The fourth-order valence-electron chi connectivity index (χ4n) is 2.13. The minimum Gasteiger partial charge on any atom is -0.484 e. The molecule has 1 amide bonds. The Bertz CT molecular complexity index is 852. The van der Waals surface area contributed by atoms with Crippen molar-refractivity contribution in [2.75, 3.05) is 6.61 Å². The van der Waals surface area contributed by atoms with Crippen molar-refractivity contribution in [1.29, 1.82) is 0 Å². The van der Waals surface area contributed by atoms with Gasteiger partial charge in [0.15, 0.2) is 6.61 Å². The average Bonchev–Trinajstić information content (AvgIpc) is 2.65. The summed E-state index contributed by atoms with van der Waals surface area (Å²) in [6, 6.07) is 11.5. The SMILES string of the molecule is CC[C@@H](C)NS(=O)(=O)c1ccc(OCC(=O)NCc2ccc(F)cc2)cc1. The molecular formula is C19H23FN2O4S. The van der Waals surface area contributed by atoms with Crippen molar-refractivity contribution < 1.29 is 22.3 Å². The van der Waals surface area contributed by atoms with Gasteiger partial charge in [-0.05, 0) is 55.3 Å². The first-order valence-electron chi connectivity index (χ1n) is 8.56. The Hall–Kier alpha value is -2.45. The molecule has 0 radical (unpaired) electrons. The second-order valence-corrected chi connectivity index (χ2v) is 7.81. The molecule has 1 atom stereocenters. The van der Waals surface area contributed by atoms with Gasteiger partial charge in [0.05, 0.1) is 4.90 Å². The molecule has 27 heavy (non-hydrogen) atoms.